The lowest BCUT2D eigenvalue weighted by Crippen LogP contribution is -2.54. The molecule has 0 aliphatic carbocycles. The maximum Gasteiger partial charge on any atom is 0.281 e. The Morgan fingerprint density at radius 1 is 1.13 bits per heavy atom. The second-order valence-electron chi connectivity index (χ2n) is 6.79. The number of benzene rings is 1. The Bertz CT molecular complexity index is 1140. The Balaban J connectivity index is 1.68. The summed E-state index contributed by atoms with van der Waals surface area (Å²) in [6, 6.07) is 5.26. The molecule has 1 aliphatic rings. The number of halogens is 2. The first-order valence-corrected chi connectivity index (χ1v) is 10.2. The van der Waals surface area contributed by atoms with Gasteiger partial charge in [-0.05, 0) is 12.1 Å². The predicted molar refractivity (Wildman–Crippen MR) is 120 cm³/mol. The van der Waals surface area contributed by atoms with E-state index >= 15 is 0 Å². The van der Waals surface area contributed by atoms with E-state index in [1.165, 1.54) is 0 Å². The van der Waals surface area contributed by atoms with Crippen molar-refractivity contribution >= 4 is 51.7 Å². The molecule has 0 bridgehead atoms. The quantitative estimate of drug-likeness (QED) is 0.445. The van der Waals surface area contributed by atoms with E-state index in [9.17, 15) is 4.79 Å². The zero-order valence-electron chi connectivity index (χ0n) is 16.0. The lowest BCUT2D eigenvalue weighted by Gasteiger charge is -2.32. The van der Waals surface area contributed by atoms with Gasteiger partial charge in [0.15, 0.2) is 5.82 Å². The van der Waals surface area contributed by atoms with Crippen molar-refractivity contribution in [3.8, 4) is 0 Å². The van der Waals surface area contributed by atoms with Crippen molar-refractivity contribution in [3.05, 3.63) is 44.4 Å². The van der Waals surface area contributed by atoms with Crippen LogP contribution in [0.25, 0.3) is 10.9 Å². The van der Waals surface area contributed by atoms with E-state index in [1.807, 2.05) is 5.01 Å². The molecule has 6 N–H and O–H groups in total. The number of nitrogens with one attached hydrogen (secondary N) is 2. The Morgan fingerprint density at radius 2 is 1.90 bits per heavy atom. The normalized spacial score (nSPS) is 14.3. The Labute approximate surface area is 182 Å². The van der Waals surface area contributed by atoms with Crippen LogP contribution in [-0.2, 0) is 6.42 Å². The van der Waals surface area contributed by atoms with Crippen LogP contribution >= 0.6 is 23.2 Å². The summed E-state index contributed by atoms with van der Waals surface area (Å²) >= 11 is 12.5. The van der Waals surface area contributed by atoms with Gasteiger partial charge >= 0.3 is 0 Å². The Morgan fingerprint density at radius 3 is 2.67 bits per heavy atom. The first kappa shape index (κ1) is 20.5. The Hall–Kier alpha value is -2.82. The third-order valence-corrected chi connectivity index (χ3v) is 5.49. The SMILES string of the molecule is Nc1nc(N)c(Cl)c(NCCc2nc3cccc(Cl)c3c(=O)n2N2CCNCC2)n1. The molecule has 4 rings (SSSR count). The standard InChI is InChI=1S/C18H21Cl2N9O/c19-10-2-1-3-11-13(10)17(30)29(28-8-6-23-7-9-28)12(25-11)4-5-24-16-14(20)15(21)26-18(22)27-16/h1-3,23H,4-9H2,(H5,21,22,24,26,27). The number of hydrogen-bond acceptors (Lipinski definition) is 9. The largest absolute Gasteiger partial charge is 0.382 e. The summed E-state index contributed by atoms with van der Waals surface area (Å²) in [4.78, 5) is 25.9. The van der Waals surface area contributed by atoms with Crippen LogP contribution in [0.3, 0.4) is 0 Å². The zero-order chi connectivity index (χ0) is 21.3. The van der Waals surface area contributed by atoms with Crippen LogP contribution in [0.1, 0.15) is 5.82 Å². The minimum Gasteiger partial charge on any atom is -0.382 e. The fourth-order valence-electron chi connectivity index (χ4n) is 3.43. The van der Waals surface area contributed by atoms with Gasteiger partial charge in [-0.25, -0.2) is 9.66 Å². The maximum absolute atomic E-state index is 13.3. The van der Waals surface area contributed by atoms with E-state index in [2.05, 4.69) is 20.6 Å². The average molecular weight is 450 g/mol. The van der Waals surface area contributed by atoms with E-state index < -0.39 is 0 Å². The molecular weight excluding hydrogens is 429 g/mol. The predicted octanol–water partition coefficient (Wildman–Crippen LogP) is 0.853. The van der Waals surface area contributed by atoms with Gasteiger partial charge in [-0.2, -0.15) is 9.97 Å². The second-order valence-corrected chi connectivity index (χ2v) is 7.57. The first-order chi connectivity index (χ1) is 14.5. The lowest BCUT2D eigenvalue weighted by atomic mass is 10.2. The molecule has 0 spiro atoms. The van der Waals surface area contributed by atoms with Gasteiger partial charge in [0.25, 0.3) is 5.56 Å². The lowest BCUT2D eigenvalue weighted by molar-refractivity contribution is 0.467. The van der Waals surface area contributed by atoms with Gasteiger partial charge in [-0.15, -0.1) is 0 Å². The van der Waals surface area contributed by atoms with Crippen molar-refractivity contribution in [2.24, 2.45) is 0 Å². The molecule has 3 heterocycles. The summed E-state index contributed by atoms with van der Waals surface area (Å²) in [6.07, 6.45) is 0.432. The Kier molecular flexibility index (Phi) is 5.80. The van der Waals surface area contributed by atoms with E-state index in [-0.39, 0.29) is 22.3 Å². The van der Waals surface area contributed by atoms with Crippen LogP contribution in [0.4, 0.5) is 17.6 Å². The molecule has 12 heteroatoms. The molecule has 0 amide bonds. The van der Waals surface area contributed by atoms with Gasteiger partial charge in [-0.3, -0.25) is 4.79 Å². The zero-order valence-corrected chi connectivity index (χ0v) is 17.5. The van der Waals surface area contributed by atoms with Gasteiger partial charge in [0.05, 0.1) is 15.9 Å². The molecule has 0 atom stereocenters. The summed E-state index contributed by atoms with van der Waals surface area (Å²) in [5.74, 6) is 1.07. The van der Waals surface area contributed by atoms with Crippen molar-refractivity contribution in [1.82, 2.24) is 24.9 Å². The summed E-state index contributed by atoms with van der Waals surface area (Å²) in [5.41, 5.74) is 11.8. The number of nitrogens with zero attached hydrogens (tertiary/aromatic N) is 5. The molecule has 1 saturated heterocycles. The molecule has 158 valence electrons. The van der Waals surface area contributed by atoms with Gasteiger partial charge in [0, 0.05) is 39.1 Å². The molecule has 2 aromatic heterocycles. The van der Waals surface area contributed by atoms with E-state index in [0.717, 1.165) is 13.1 Å². The topological polar surface area (TPSA) is 140 Å². The van der Waals surface area contributed by atoms with E-state index in [0.29, 0.717) is 53.6 Å². The number of fused-ring (bicyclic) bond motifs is 1. The second kappa shape index (κ2) is 8.50. The van der Waals surface area contributed by atoms with Crippen LogP contribution < -0.4 is 32.7 Å². The molecule has 0 radical (unpaired) electrons. The molecule has 10 nitrogen and oxygen atoms in total. The number of nitrogen functional groups attached to an aromatic ring is 2. The van der Waals surface area contributed by atoms with Crippen LogP contribution in [-0.4, -0.2) is 52.4 Å². The number of nitrogens with two attached hydrogens (primary N) is 2. The van der Waals surface area contributed by atoms with E-state index in [1.54, 1.807) is 22.9 Å². The number of anilines is 3. The van der Waals surface area contributed by atoms with Crippen molar-refractivity contribution in [1.29, 1.82) is 0 Å². The van der Waals surface area contributed by atoms with Crippen LogP contribution in [0.5, 0.6) is 0 Å². The molecule has 1 fully saturated rings. The first-order valence-electron chi connectivity index (χ1n) is 9.44. The highest BCUT2D eigenvalue weighted by Gasteiger charge is 2.20. The highest BCUT2D eigenvalue weighted by atomic mass is 35.5. The molecule has 30 heavy (non-hydrogen) atoms. The number of aromatic nitrogens is 4. The third kappa shape index (κ3) is 3.93. The molecule has 1 aliphatic heterocycles. The number of piperazine rings is 1. The average Bonchev–Trinajstić information content (AvgIpc) is 2.72. The van der Waals surface area contributed by atoms with E-state index in [4.69, 9.17) is 39.7 Å². The monoisotopic (exact) mass is 449 g/mol. The molecule has 0 saturated carbocycles. The molecule has 3 aromatic rings. The van der Waals surface area contributed by atoms with Crippen LogP contribution in [0.15, 0.2) is 23.0 Å². The van der Waals surface area contributed by atoms with Crippen LogP contribution in [0, 0.1) is 0 Å². The van der Waals surface area contributed by atoms with Crippen molar-refractivity contribution in [2.45, 2.75) is 6.42 Å². The molecule has 0 unspecified atom stereocenters. The highest BCUT2D eigenvalue weighted by molar-refractivity contribution is 6.35. The van der Waals surface area contributed by atoms with Crippen LogP contribution in [0.2, 0.25) is 10.0 Å². The molecule has 1 aromatic carbocycles. The van der Waals surface area contributed by atoms with Gasteiger partial charge < -0.3 is 27.1 Å². The summed E-state index contributed by atoms with van der Waals surface area (Å²) < 4.78 is 1.63. The minimum atomic E-state index is -0.184. The minimum absolute atomic E-state index is 0.0237. The van der Waals surface area contributed by atoms with Gasteiger partial charge in [0.1, 0.15) is 16.7 Å². The maximum atomic E-state index is 13.3. The summed E-state index contributed by atoms with van der Waals surface area (Å²) in [6.45, 7) is 3.32. The van der Waals surface area contributed by atoms with Gasteiger partial charge in [0.2, 0.25) is 5.95 Å². The van der Waals surface area contributed by atoms with Crippen molar-refractivity contribution in [2.75, 3.05) is 54.5 Å². The molecular formula is C18H21Cl2N9O. The number of hydrogen-bond donors (Lipinski definition) is 4. The third-order valence-electron chi connectivity index (χ3n) is 4.80. The summed E-state index contributed by atoms with van der Waals surface area (Å²) in [7, 11) is 0. The fourth-order valence-corrected chi connectivity index (χ4v) is 3.83. The van der Waals surface area contributed by atoms with Crippen molar-refractivity contribution < 1.29 is 0 Å². The summed E-state index contributed by atoms with van der Waals surface area (Å²) in [5, 5.41) is 9.36. The fraction of sp³-hybridized carbons (Fsp3) is 0.333. The highest BCUT2D eigenvalue weighted by Crippen LogP contribution is 2.25. The number of rotatable bonds is 5. The smallest absolute Gasteiger partial charge is 0.281 e. The van der Waals surface area contributed by atoms with Gasteiger partial charge in [-0.1, -0.05) is 29.3 Å². The van der Waals surface area contributed by atoms with Crippen molar-refractivity contribution in [3.63, 3.8) is 0 Å².